The summed E-state index contributed by atoms with van der Waals surface area (Å²) in [4.78, 5) is 36.3. The molecule has 31 heavy (non-hydrogen) atoms. The van der Waals surface area contributed by atoms with E-state index in [1.54, 1.807) is 6.08 Å². The summed E-state index contributed by atoms with van der Waals surface area (Å²) in [5.74, 6) is -1.30. The molecule has 4 rings (SSSR count). The van der Waals surface area contributed by atoms with Gasteiger partial charge in [0.05, 0.1) is 0 Å². The van der Waals surface area contributed by atoms with Gasteiger partial charge in [0, 0.05) is 17.4 Å². The molecule has 0 aromatic heterocycles. The monoisotopic (exact) mass is 440 g/mol. The highest BCUT2D eigenvalue weighted by atomic mass is 19.4. The normalized spacial score (nSPS) is 42.6. The van der Waals surface area contributed by atoms with E-state index in [2.05, 4.69) is 25.2 Å². The number of carbonyl (C=O) groups is 3. The average molecular weight is 441 g/mol. The third-order valence-electron chi connectivity index (χ3n) is 9.02. The standard InChI is InChI=1S/C23H31F3N2O3/c1-12(29)19(23(24,25)26)28-20(31)16-6-5-14-13-4-7-17-22(3,11-9-18(30)27-17)15(13)8-10-21(14,16)2/h9,11,13-17,19H,4-8,10H2,1-3H3,(H,27,30)(H,28,31)/t13-,14-,15-,16+,17+,19?,21-,22+/m0/s1. The summed E-state index contributed by atoms with van der Waals surface area (Å²) < 4.78 is 39.7. The van der Waals surface area contributed by atoms with Crippen molar-refractivity contribution in [1.82, 2.24) is 10.6 Å². The molecule has 0 radical (unpaired) electrons. The second kappa shape index (κ2) is 7.34. The van der Waals surface area contributed by atoms with E-state index < -0.39 is 29.8 Å². The van der Waals surface area contributed by atoms with Gasteiger partial charge in [-0.2, -0.15) is 13.2 Å². The number of Topliss-reactive ketones (excluding diaryl/α,β-unsaturated/α-hetero) is 1. The number of halogens is 3. The molecule has 1 heterocycles. The molecule has 0 spiro atoms. The van der Waals surface area contributed by atoms with Gasteiger partial charge in [0.15, 0.2) is 11.8 Å². The number of hydrogen-bond donors (Lipinski definition) is 2. The predicted molar refractivity (Wildman–Crippen MR) is 108 cm³/mol. The number of carbonyl (C=O) groups excluding carboxylic acids is 3. The van der Waals surface area contributed by atoms with Crippen molar-refractivity contribution in [2.24, 2.45) is 34.5 Å². The topological polar surface area (TPSA) is 75.3 Å². The summed E-state index contributed by atoms with van der Waals surface area (Å²) in [5.41, 5.74) is -0.502. The molecule has 3 saturated carbocycles. The van der Waals surface area contributed by atoms with Crippen LogP contribution in [0.5, 0.6) is 0 Å². The van der Waals surface area contributed by atoms with Crippen LogP contribution in [0.25, 0.3) is 0 Å². The number of rotatable bonds is 3. The molecule has 0 bridgehead atoms. The van der Waals surface area contributed by atoms with Crippen molar-refractivity contribution < 1.29 is 27.6 Å². The molecule has 0 saturated heterocycles. The summed E-state index contributed by atoms with van der Waals surface area (Å²) in [6.07, 6.45) is 3.70. The second-order valence-electron chi connectivity index (χ2n) is 10.5. The summed E-state index contributed by atoms with van der Waals surface area (Å²) in [6, 6.07) is -2.33. The lowest BCUT2D eigenvalue weighted by molar-refractivity contribution is -0.171. The maximum Gasteiger partial charge on any atom is 0.415 e. The summed E-state index contributed by atoms with van der Waals surface area (Å²) in [6.45, 7) is 5.11. The number of amides is 2. The molecule has 8 atom stereocenters. The zero-order chi connectivity index (χ0) is 22.8. The van der Waals surface area contributed by atoms with Crippen molar-refractivity contribution in [3.05, 3.63) is 12.2 Å². The van der Waals surface area contributed by atoms with Crippen molar-refractivity contribution in [3.63, 3.8) is 0 Å². The van der Waals surface area contributed by atoms with E-state index in [-0.39, 0.29) is 28.7 Å². The lowest BCUT2D eigenvalue weighted by Gasteiger charge is -2.58. The first kappa shape index (κ1) is 22.3. The van der Waals surface area contributed by atoms with E-state index in [0.717, 1.165) is 39.0 Å². The number of fused-ring (bicyclic) bond motifs is 5. The molecule has 5 nitrogen and oxygen atoms in total. The van der Waals surface area contributed by atoms with Crippen molar-refractivity contribution >= 4 is 17.6 Å². The number of ketones is 1. The SMILES string of the molecule is CC(=O)C(NC(=O)[C@H]1CC[C@H]2[C@@H]3CC[C@H]4NC(=O)C=C[C@]4(C)[C@H]3CC[C@]12C)C(F)(F)F. The van der Waals surface area contributed by atoms with Gasteiger partial charge in [-0.15, -0.1) is 0 Å². The predicted octanol–water partition coefficient (Wildman–Crippen LogP) is 3.54. The van der Waals surface area contributed by atoms with Crippen LogP contribution in [0.3, 0.4) is 0 Å². The molecule has 1 aliphatic heterocycles. The van der Waals surface area contributed by atoms with Gasteiger partial charge in [0.1, 0.15) is 0 Å². The van der Waals surface area contributed by atoms with E-state index in [1.165, 1.54) is 0 Å². The molecule has 1 unspecified atom stereocenters. The van der Waals surface area contributed by atoms with E-state index >= 15 is 0 Å². The largest absolute Gasteiger partial charge is 0.415 e. The zero-order valence-corrected chi connectivity index (χ0v) is 18.2. The molecular formula is C23H31F3N2O3. The molecule has 8 heteroatoms. The Labute approximate surface area is 180 Å². The van der Waals surface area contributed by atoms with E-state index in [9.17, 15) is 27.6 Å². The van der Waals surface area contributed by atoms with Crippen LogP contribution in [0.1, 0.15) is 59.3 Å². The minimum atomic E-state index is -4.79. The van der Waals surface area contributed by atoms with Crippen LogP contribution in [0.2, 0.25) is 0 Å². The van der Waals surface area contributed by atoms with Crippen molar-refractivity contribution in [2.75, 3.05) is 0 Å². The first-order chi connectivity index (χ1) is 14.4. The Hall–Kier alpha value is -1.86. The van der Waals surface area contributed by atoms with Gasteiger partial charge in [-0.1, -0.05) is 19.9 Å². The first-order valence-corrected chi connectivity index (χ1v) is 11.2. The molecule has 0 aromatic carbocycles. The maximum absolute atomic E-state index is 13.2. The molecule has 3 aliphatic carbocycles. The van der Waals surface area contributed by atoms with Crippen LogP contribution in [0.15, 0.2) is 12.2 Å². The summed E-state index contributed by atoms with van der Waals surface area (Å²) in [5, 5.41) is 5.12. The van der Waals surface area contributed by atoms with Gasteiger partial charge in [0.2, 0.25) is 11.8 Å². The highest BCUT2D eigenvalue weighted by Crippen LogP contribution is 2.65. The van der Waals surface area contributed by atoms with Crippen LogP contribution >= 0.6 is 0 Å². The third-order valence-corrected chi connectivity index (χ3v) is 9.02. The second-order valence-corrected chi connectivity index (χ2v) is 10.5. The van der Waals surface area contributed by atoms with E-state index in [1.807, 2.05) is 5.32 Å². The quantitative estimate of drug-likeness (QED) is 0.705. The van der Waals surface area contributed by atoms with Crippen molar-refractivity contribution in [1.29, 1.82) is 0 Å². The zero-order valence-electron chi connectivity index (χ0n) is 18.2. The minimum absolute atomic E-state index is 0.0520. The fourth-order valence-electron chi connectivity index (χ4n) is 7.42. The molecule has 4 aliphatic rings. The minimum Gasteiger partial charge on any atom is -0.349 e. The molecule has 172 valence electrons. The molecule has 0 aromatic rings. The molecule has 3 fully saturated rings. The number of nitrogens with one attached hydrogen (secondary N) is 2. The fourth-order valence-corrected chi connectivity index (χ4v) is 7.42. The summed E-state index contributed by atoms with van der Waals surface area (Å²) in [7, 11) is 0. The lowest BCUT2D eigenvalue weighted by Crippen LogP contribution is -2.60. The Bertz CT molecular complexity index is 825. The Morgan fingerprint density at radius 2 is 1.84 bits per heavy atom. The Kier molecular flexibility index (Phi) is 5.29. The number of alkyl halides is 3. The average Bonchev–Trinajstić information content (AvgIpc) is 3.02. The van der Waals surface area contributed by atoms with E-state index in [0.29, 0.717) is 18.3 Å². The smallest absolute Gasteiger partial charge is 0.349 e. The molecule has 2 N–H and O–H groups in total. The van der Waals surface area contributed by atoms with Crippen molar-refractivity contribution in [3.8, 4) is 0 Å². The van der Waals surface area contributed by atoms with Crippen LogP contribution in [-0.4, -0.2) is 35.9 Å². The Balaban J connectivity index is 1.55. The fraction of sp³-hybridized carbons (Fsp3) is 0.783. The maximum atomic E-state index is 13.2. The molecular weight excluding hydrogens is 409 g/mol. The highest BCUT2D eigenvalue weighted by Gasteiger charge is 2.61. The van der Waals surface area contributed by atoms with Crippen LogP contribution < -0.4 is 10.6 Å². The Morgan fingerprint density at radius 3 is 2.48 bits per heavy atom. The summed E-state index contributed by atoms with van der Waals surface area (Å²) >= 11 is 0. The van der Waals surface area contributed by atoms with Gasteiger partial charge in [-0.25, -0.2) is 0 Å². The molecule has 2 amide bonds. The van der Waals surface area contributed by atoms with Gasteiger partial charge in [-0.3, -0.25) is 14.4 Å². The lowest BCUT2D eigenvalue weighted by atomic mass is 9.48. The van der Waals surface area contributed by atoms with Gasteiger partial charge in [0.25, 0.3) is 0 Å². The number of hydrogen-bond acceptors (Lipinski definition) is 3. The Morgan fingerprint density at radius 1 is 1.13 bits per heavy atom. The van der Waals surface area contributed by atoms with Crippen LogP contribution in [-0.2, 0) is 14.4 Å². The van der Waals surface area contributed by atoms with Gasteiger partial charge >= 0.3 is 6.18 Å². The van der Waals surface area contributed by atoms with Crippen molar-refractivity contribution in [2.45, 2.75) is 77.6 Å². The third kappa shape index (κ3) is 3.50. The first-order valence-electron chi connectivity index (χ1n) is 11.2. The van der Waals surface area contributed by atoms with Gasteiger partial charge < -0.3 is 10.6 Å². The van der Waals surface area contributed by atoms with Gasteiger partial charge in [-0.05, 0) is 74.7 Å². The highest BCUT2D eigenvalue weighted by molar-refractivity contribution is 5.90. The van der Waals surface area contributed by atoms with Crippen LogP contribution in [0, 0.1) is 34.5 Å². The van der Waals surface area contributed by atoms with E-state index in [4.69, 9.17) is 0 Å². The van der Waals surface area contributed by atoms with Crippen LogP contribution in [0.4, 0.5) is 13.2 Å².